The van der Waals surface area contributed by atoms with Gasteiger partial charge in [-0.15, -0.1) is 12.4 Å². The molecule has 0 aromatic heterocycles. The van der Waals surface area contributed by atoms with E-state index in [0.29, 0.717) is 0 Å². The van der Waals surface area contributed by atoms with Crippen LogP contribution in [0, 0.1) is 5.82 Å². The van der Waals surface area contributed by atoms with Gasteiger partial charge >= 0.3 is 0 Å². The summed E-state index contributed by atoms with van der Waals surface area (Å²) in [5.41, 5.74) is 5.42. The van der Waals surface area contributed by atoms with Gasteiger partial charge < -0.3 is 5.73 Å². The summed E-state index contributed by atoms with van der Waals surface area (Å²) in [4.78, 5) is -0.310. The summed E-state index contributed by atoms with van der Waals surface area (Å²) in [6, 6.07) is 1.38. The van der Waals surface area contributed by atoms with E-state index in [1.165, 1.54) is 7.05 Å². The van der Waals surface area contributed by atoms with Crippen molar-refractivity contribution in [1.82, 2.24) is 4.31 Å². The van der Waals surface area contributed by atoms with Crippen molar-refractivity contribution >= 4 is 45.6 Å². The van der Waals surface area contributed by atoms with Crippen LogP contribution in [0.2, 0.25) is 10.0 Å². The van der Waals surface area contributed by atoms with Gasteiger partial charge in [-0.05, 0) is 19.1 Å². The Bertz CT molecular complexity index is 531. The maximum Gasteiger partial charge on any atom is 0.246 e. The topological polar surface area (TPSA) is 63.4 Å². The molecule has 1 aromatic rings. The summed E-state index contributed by atoms with van der Waals surface area (Å²) >= 11 is 11.5. The Morgan fingerprint density at radius 3 is 2.16 bits per heavy atom. The number of likely N-dealkylation sites (N-methyl/N-ethyl adjacent to an activating group) is 1. The van der Waals surface area contributed by atoms with Crippen molar-refractivity contribution in [2.45, 2.75) is 17.9 Å². The van der Waals surface area contributed by atoms with Crippen LogP contribution in [0.1, 0.15) is 6.92 Å². The van der Waals surface area contributed by atoms with E-state index in [1.54, 1.807) is 6.92 Å². The van der Waals surface area contributed by atoms with Gasteiger partial charge in [0.2, 0.25) is 10.0 Å². The highest BCUT2D eigenvalue weighted by Crippen LogP contribution is 2.32. The van der Waals surface area contributed by atoms with Crippen molar-refractivity contribution in [1.29, 1.82) is 0 Å². The molecule has 0 saturated heterocycles. The first-order valence-corrected chi connectivity index (χ1v) is 7.24. The van der Waals surface area contributed by atoms with Crippen LogP contribution in [0.25, 0.3) is 0 Å². The van der Waals surface area contributed by atoms with Crippen LogP contribution in [0.3, 0.4) is 0 Å². The van der Waals surface area contributed by atoms with Crippen LogP contribution in [-0.2, 0) is 10.0 Å². The lowest BCUT2D eigenvalue weighted by atomic mass is 10.3. The molecule has 0 fully saturated rings. The largest absolute Gasteiger partial charge is 0.329 e. The van der Waals surface area contributed by atoms with Crippen molar-refractivity contribution in [2.75, 3.05) is 13.6 Å². The summed E-state index contributed by atoms with van der Waals surface area (Å²) in [5.74, 6) is -0.696. The van der Waals surface area contributed by atoms with Gasteiger partial charge in [0.15, 0.2) is 0 Å². The number of hydrogen-bond donors (Lipinski definition) is 1. The van der Waals surface area contributed by atoms with Crippen molar-refractivity contribution in [3.8, 4) is 0 Å². The van der Waals surface area contributed by atoms with Gasteiger partial charge in [-0.25, -0.2) is 12.8 Å². The Hall–Kier alpha value is -0.110. The molecule has 4 nitrogen and oxygen atoms in total. The predicted molar refractivity (Wildman–Crippen MR) is 77.1 cm³/mol. The van der Waals surface area contributed by atoms with E-state index in [0.717, 1.165) is 16.4 Å². The van der Waals surface area contributed by atoms with E-state index < -0.39 is 21.9 Å². The molecule has 0 bridgehead atoms. The predicted octanol–water partition coefficient (Wildman–Crippen LogP) is 2.52. The minimum Gasteiger partial charge on any atom is -0.329 e. The molecule has 0 spiro atoms. The third-order valence-electron chi connectivity index (χ3n) is 2.56. The molecule has 0 aliphatic rings. The lowest BCUT2D eigenvalue weighted by Crippen LogP contribution is -2.39. The van der Waals surface area contributed by atoms with Crippen LogP contribution in [0.5, 0.6) is 0 Å². The molecule has 1 unspecified atom stereocenters. The van der Waals surface area contributed by atoms with Crippen molar-refractivity contribution in [3.05, 3.63) is 28.0 Å². The van der Waals surface area contributed by atoms with Gasteiger partial charge in [0.1, 0.15) is 10.7 Å². The third kappa shape index (κ3) is 3.93. The second-order valence-corrected chi connectivity index (χ2v) is 6.55. The fourth-order valence-electron chi connectivity index (χ4n) is 1.30. The SMILES string of the molecule is CC(CN)N(C)S(=O)(=O)c1c(Cl)cc(F)cc1Cl.Cl. The first-order chi connectivity index (χ1) is 8.21. The second-order valence-electron chi connectivity index (χ2n) is 3.80. The molecule has 1 aromatic carbocycles. The Balaban J connectivity index is 0.00000324. The van der Waals surface area contributed by atoms with Crippen molar-refractivity contribution < 1.29 is 12.8 Å². The molecule has 0 radical (unpaired) electrons. The van der Waals surface area contributed by atoms with E-state index in [4.69, 9.17) is 28.9 Å². The molecular formula is C10H14Cl3FN2O2S. The standard InChI is InChI=1S/C10H13Cl2FN2O2S.ClH/c1-6(5-14)15(2)18(16,17)10-8(11)3-7(13)4-9(10)12;/h3-4,6H,5,14H2,1-2H3;1H. The van der Waals surface area contributed by atoms with Gasteiger partial charge in [-0.3, -0.25) is 0 Å². The molecule has 110 valence electrons. The molecular weight excluding hydrogens is 338 g/mol. The van der Waals surface area contributed by atoms with Gasteiger partial charge in [0, 0.05) is 19.6 Å². The number of rotatable bonds is 4. The van der Waals surface area contributed by atoms with E-state index in [9.17, 15) is 12.8 Å². The summed E-state index contributed by atoms with van der Waals surface area (Å²) in [7, 11) is -2.54. The average molecular weight is 352 g/mol. The molecule has 9 heteroatoms. The zero-order valence-electron chi connectivity index (χ0n) is 10.2. The molecule has 0 saturated carbocycles. The molecule has 2 N–H and O–H groups in total. The molecule has 0 heterocycles. The highest BCUT2D eigenvalue weighted by atomic mass is 35.5. The Labute approximate surface area is 128 Å². The normalized spacial score (nSPS) is 13.2. The monoisotopic (exact) mass is 350 g/mol. The van der Waals surface area contributed by atoms with Gasteiger partial charge in [-0.1, -0.05) is 23.2 Å². The minimum atomic E-state index is -3.91. The fraction of sp³-hybridized carbons (Fsp3) is 0.400. The smallest absolute Gasteiger partial charge is 0.246 e. The summed E-state index contributed by atoms with van der Waals surface area (Å²) in [6.07, 6.45) is 0. The average Bonchev–Trinajstić information content (AvgIpc) is 2.24. The zero-order chi connectivity index (χ0) is 14.1. The van der Waals surface area contributed by atoms with E-state index in [1.807, 2.05) is 0 Å². The lowest BCUT2D eigenvalue weighted by Gasteiger charge is -2.24. The second kappa shape index (κ2) is 7.06. The Kier molecular flexibility index (Phi) is 7.02. The summed E-state index contributed by atoms with van der Waals surface area (Å²) in [5, 5.41) is -0.507. The van der Waals surface area contributed by atoms with Gasteiger partial charge in [0.05, 0.1) is 10.0 Å². The van der Waals surface area contributed by atoms with Crippen molar-refractivity contribution in [3.63, 3.8) is 0 Å². The number of nitrogens with two attached hydrogens (primary N) is 1. The highest BCUT2D eigenvalue weighted by Gasteiger charge is 2.29. The molecule has 1 rings (SSSR count). The van der Waals surface area contributed by atoms with E-state index in [2.05, 4.69) is 0 Å². The first kappa shape index (κ1) is 18.9. The van der Waals surface area contributed by atoms with Crippen LogP contribution < -0.4 is 5.73 Å². The number of halogens is 4. The Morgan fingerprint density at radius 1 is 1.37 bits per heavy atom. The molecule has 1 atom stereocenters. The summed E-state index contributed by atoms with van der Waals surface area (Å²) < 4.78 is 38.6. The molecule has 0 amide bonds. The van der Waals surface area contributed by atoms with Crippen molar-refractivity contribution in [2.24, 2.45) is 5.73 Å². The molecule has 19 heavy (non-hydrogen) atoms. The van der Waals surface area contributed by atoms with Crippen LogP contribution in [0.4, 0.5) is 4.39 Å². The minimum absolute atomic E-state index is 0. The van der Waals surface area contributed by atoms with E-state index in [-0.39, 0.29) is 33.9 Å². The maximum absolute atomic E-state index is 13.0. The van der Waals surface area contributed by atoms with Gasteiger partial charge in [-0.2, -0.15) is 4.31 Å². The first-order valence-electron chi connectivity index (χ1n) is 5.04. The number of nitrogens with zero attached hydrogens (tertiary/aromatic N) is 1. The summed E-state index contributed by atoms with van der Waals surface area (Å²) in [6.45, 7) is 1.79. The number of sulfonamides is 1. The number of benzene rings is 1. The number of hydrogen-bond acceptors (Lipinski definition) is 3. The molecule has 0 aliphatic carbocycles. The maximum atomic E-state index is 13.0. The fourth-order valence-corrected chi connectivity index (χ4v) is 3.81. The van der Waals surface area contributed by atoms with Gasteiger partial charge in [0.25, 0.3) is 0 Å². The third-order valence-corrected chi connectivity index (χ3v) is 5.46. The zero-order valence-corrected chi connectivity index (χ0v) is 13.4. The van der Waals surface area contributed by atoms with Crippen LogP contribution in [-0.4, -0.2) is 32.4 Å². The van der Waals surface area contributed by atoms with Crippen LogP contribution >= 0.6 is 35.6 Å². The van der Waals surface area contributed by atoms with Crippen LogP contribution in [0.15, 0.2) is 17.0 Å². The molecule has 0 aliphatic heterocycles. The highest BCUT2D eigenvalue weighted by molar-refractivity contribution is 7.89. The van der Waals surface area contributed by atoms with E-state index >= 15 is 0 Å². The quantitative estimate of drug-likeness (QED) is 0.906. The lowest BCUT2D eigenvalue weighted by molar-refractivity contribution is 0.394. The Morgan fingerprint density at radius 2 is 1.79 bits per heavy atom.